The Morgan fingerprint density at radius 3 is 2.68 bits per heavy atom. The van der Waals surface area contributed by atoms with E-state index in [1.165, 1.54) is 0 Å². The van der Waals surface area contributed by atoms with E-state index in [1.54, 1.807) is 0 Å². The maximum atomic E-state index is 12.6. The van der Waals surface area contributed by atoms with E-state index >= 15 is 0 Å². The molecule has 0 aromatic carbocycles. The number of imide groups is 1. The first-order valence-corrected chi connectivity index (χ1v) is 8.25. The first-order chi connectivity index (χ1) is 10.6. The number of nitrogens with zero attached hydrogens (tertiary/aromatic N) is 1. The van der Waals surface area contributed by atoms with Crippen molar-refractivity contribution < 1.29 is 14.4 Å². The second-order valence-corrected chi connectivity index (χ2v) is 6.58. The molecular weight excluding hydrogens is 284 g/mol. The molecule has 122 valence electrons. The highest BCUT2D eigenvalue weighted by Gasteiger charge is 2.51. The molecule has 2 aliphatic heterocycles. The molecule has 1 spiro atoms. The Bertz CT molecular complexity index is 467. The van der Waals surface area contributed by atoms with E-state index in [2.05, 4.69) is 16.0 Å². The molecule has 4 amide bonds. The summed E-state index contributed by atoms with van der Waals surface area (Å²) in [6.45, 7) is 1.54. The van der Waals surface area contributed by atoms with E-state index in [0.717, 1.165) is 50.1 Å². The molecule has 0 radical (unpaired) electrons. The number of hydrogen-bond acceptors (Lipinski definition) is 4. The van der Waals surface area contributed by atoms with Gasteiger partial charge >= 0.3 is 6.03 Å². The zero-order valence-corrected chi connectivity index (χ0v) is 12.8. The molecular formula is C15H24N4O3. The fraction of sp³-hybridized carbons (Fsp3) is 0.800. The lowest BCUT2D eigenvalue weighted by Gasteiger charge is -2.30. The van der Waals surface area contributed by atoms with Crippen molar-refractivity contribution in [1.82, 2.24) is 20.9 Å². The van der Waals surface area contributed by atoms with Gasteiger partial charge in [0, 0.05) is 12.6 Å². The Hall–Kier alpha value is -1.63. The molecule has 2 saturated heterocycles. The van der Waals surface area contributed by atoms with E-state index < -0.39 is 11.6 Å². The molecule has 0 bridgehead atoms. The number of amides is 4. The predicted molar refractivity (Wildman–Crippen MR) is 80.1 cm³/mol. The van der Waals surface area contributed by atoms with Gasteiger partial charge in [0.2, 0.25) is 5.91 Å². The minimum absolute atomic E-state index is 0.0886. The Balaban J connectivity index is 1.58. The number of carbonyl (C=O) groups is 3. The fourth-order valence-corrected chi connectivity index (χ4v) is 3.71. The van der Waals surface area contributed by atoms with Gasteiger partial charge in [0.05, 0.1) is 0 Å². The van der Waals surface area contributed by atoms with Crippen molar-refractivity contribution in [2.45, 2.75) is 56.5 Å². The van der Waals surface area contributed by atoms with Crippen molar-refractivity contribution in [3.8, 4) is 0 Å². The molecule has 7 nitrogen and oxygen atoms in total. The molecule has 3 rings (SSSR count). The average molecular weight is 308 g/mol. The molecule has 2 heterocycles. The zero-order valence-electron chi connectivity index (χ0n) is 12.8. The zero-order chi connectivity index (χ0) is 15.6. The van der Waals surface area contributed by atoms with Crippen LogP contribution in [0.1, 0.15) is 44.9 Å². The topological polar surface area (TPSA) is 90.5 Å². The molecule has 0 aromatic rings. The number of carbonyl (C=O) groups excluding carboxylic acids is 3. The normalized spacial score (nSPS) is 27.8. The van der Waals surface area contributed by atoms with E-state index in [9.17, 15) is 14.4 Å². The predicted octanol–water partition coefficient (Wildman–Crippen LogP) is 0.109. The number of hydrogen-bond donors (Lipinski definition) is 3. The molecule has 1 saturated carbocycles. The molecule has 3 aliphatic rings. The van der Waals surface area contributed by atoms with Gasteiger partial charge in [-0.15, -0.1) is 0 Å². The van der Waals surface area contributed by atoms with Gasteiger partial charge in [0.25, 0.3) is 5.91 Å². The summed E-state index contributed by atoms with van der Waals surface area (Å²) in [5.41, 5.74) is -0.748. The molecule has 1 atom stereocenters. The van der Waals surface area contributed by atoms with Gasteiger partial charge in [-0.2, -0.15) is 0 Å². The van der Waals surface area contributed by atoms with Crippen LogP contribution in [0.5, 0.6) is 0 Å². The summed E-state index contributed by atoms with van der Waals surface area (Å²) >= 11 is 0. The van der Waals surface area contributed by atoms with Crippen molar-refractivity contribution in [3.63, 3.8) is 0 Å². The highest BCUT2D eigenvalue weighted by molar-refractivity contribution is 6.09. The SMILES string of the molecule is O=C(CN1C(=O)NC2(CCCCC2)C1=O)NC1CCCNC1. The van der Waals surface area contributed by atoms with Crippen LogP contribution in [-0.2, 0) is 9.59 Å². The summed E-state index contributed by atoms with van der Waals surface area (Å²) in [6.07, 6.45) is 6.31. The molecule has 7 heteroatoms. The third-order valence-corrected chi connectivity index (χ3v) is 4.92. The van der Waals surface area contributed by atoms with E-state index in [0.29, 0.717) is 12.8 Å². The third kappa shape index (κ3) is 2.95. The van der Waals surface area contributed by atoms with Crippen molar-refractivity contribution in [3.05, 3.63) is 0 Å². The Morgan fingerprint density at radius 2 is 2.00 bits per heavy atom. The van der Waals surface area contributed by atoms with E-state index in [1.807, 2.05) is 0 Å². The summed E-state index contributed by atoms with van der Waals surface area (Å²) in [6, 6.07) is -0.338. The van der Waals surface area contributed by atoms with Gasteiger partial charge in [-0.05, 0) is 32.2 Å². The fourth-order valence-electron chi connectivity index (χ4n) is 3.71. The van der Waals surface area contributed by atoms with Crippen molar-refractivity contribution in [1.29, 1.82) is 0 Å². The number of piperidine rings is 1. The Morgan fingerprint density at radius 1 is 1.23 bits per heavy atom. The van der Waals surface area contributed by atoms with Gasteiger partial charge in [0.15, 0.2) is 0 Å². The summed E-state index contributed by atoms with van der Waals surface area (Å²) in [5, 5.41) is 8.95. The minimum atomic E-state index is -0.748. The van der Waals surface area contributed by atoms with Crippen molar-refractivity contribution in [2.75, 3.05) is 19.6 Å². The molecule has 3 N–H and O–H groups in total. The largest absolute Gasteiger partial charge is 0.351 e. The van der Waals surface area contributed by atoms with Crippen LogP contribution in [0.4, 0.5) is 4.79 Å². The van der Waals surface area contributed by atoms with Gasteiger partial charge in [-0.3, -0.25) is 14.5 Å². The summed E-state index contributed by atoms with van der Waals surface area (Å²) < 4.78 is 0. The summed E-state index contributed by atoms with van der Waals surface area (Å²) in [7, 11) is 0. The van der Waals surface area contributed by atoms with Gasteiger partial charge in [-0.1, -0.05) is 19.3 Å². The number of nitrogens with one attached hydrogen (secondary N) is 3. The van der Waals surface area contributed by atoms with Crippen LogP contribution in [-0.4, -0.2) is 54.0 Å². The average Bonchev–Trinajstić information content (AvgIpc) is 2.73. The summed E-state index contributed by atoms with van der Waals surface area (Å²) in [5.74, 6) is -0.487. The lowest BCUT2D eigenvalue weighted by atomic mass is 9.82. The maximum absolute atomic E-state index is 12.6. The van der Waals surface area contributed by atoms with E-state index in [4.69, 9.17) is 0 Å². The van der Waals surface area contributed by atoms with Gasteiger partial charge < -0.3 is 16.0 Å². The van der Waals surface area contributed by atoms with Crippen LogP contribution in [0.15, 0.2) is 0 Å². The van der Waals surface area contributed by atoms with Crippen molar-refractivity contribution in [2.24, 2.45) is 0 Å². The van der Waals surface area contributed by atoms with Crippen LogP contribution in [0, 0.1) is 0 Å². The van der Waals surface area contributed by atoms with Crippen LogP contribution < -0.4 is 16.0 Å². The van der Waals surface area contributed by atoms with Crippen LogP contribution in [0.25, 0.3) is 0 Å². The lowest BCUT2D eigenvalue weighted by molar-refractivity contribution is -0.136. The first kappa shape index (κ1) is 15.3. The minimum Gasteiger partial charge on any atom is -0.351 e. The van der Waals surface area contributed by atoms with Gasteiger partial charge in [0.1, 0.15) is 12.1 Å². The monoisotopic (exact) mass is 308 g/mol. The third-order valence-electron chi connectivity index (χ3n) is 4.92. The highest BCUT2D eigenvalue weighted by Crippen LogP contribution is 2.33. The van der Waals surface area contributed by atoms with Crippen molar-refractivity contribution >= 4 is 17.8 Å². The standard InChI is InChI=1S/C15H24N4O3/c20-12(17-11-5-4-8-16-9-11)10-19-13(21)15(18-14(19)22)6-2-1-3-7-15/h11,16H,1-10H2,(H,17,20)(H,18,22). The molecule has 1 aliphatic carbocycles. The molecule has 22 heavy (non-hydrogen) atoms. The number of rotatable bonds is 3. The summed E-state index contributed by atoms with van der Waals surface area (Å²) in [4.78, 5) is 37.9. The first-order valence-electron chi connectivity index (χ1n) is 8.25. The maximum Gasteiger partial charge on any atom is 0.325 e. The Kier molecular flexibility index (Phi) is 4.33. The Labute approximate surface area is 130 Å². The smallest absolute Gasteiger partial charge is 0.325 e. The van der Waals surface area contributed by atoms with E-state index in [-0.39, 0.29) is 24.4 Å². The van der Waals surface area contributed by atoms with Crippen LogP contribution in [0.2, 0.25) is 0 Å². The van der Waals surface area contributed by atoms with Crippen LogP contribution >= 0.6 is 0 Å². The lowest BCUT2D eigenvalue weighted by Crippen LogP contribution is -2.51. The van der Waals surface area contributed by atoms with Gasteiger partial charge in [-0.25, -0.2) is 4.79 Å². The highest BCUT2D eigenvalue weighted by atomic mass is 16.2. The number of urea groups is 1. The molecule has 1 unspecified atom stereocenters. The van der Waals surface area contributed by atoms with Crippen LogP contribution in [0.3, 0.4) is 0 Å². The molecule has 3 fully saturated rings. The second kappa shape index (κ2) is 6.24. The quantitative estimate of drug-likeness (QED) is 0.646. The molecule has 0 aromatic heterocycles. The second-order valence-electron chi connectivity index (χ2n) is 6.58.